The summed E-state index contributed by atoms with van der Waals surface area (Å²) >= 11 is 1.10. The second-order valence-electron chi connectivity index (χ2n) is 3.54. The molecule has 0 saturated carbocycles. The summed E-state index contributed by atoms with van der Waals surface area (Å²) in [6.45, 7) is -1.70. The highest BCUT2D eigenvalue weighted by Crippen LogP contribution is 2.24. The molecule has 2 aromatic heterocycles. The van der Waals surface area contributed by atoms with Crippen LogP contribution in [0.2, 0.25) is 0 Å². The van der Waals surface area contributed by atoms with Crippen molar-refractivity contribution in [2.75, 3.05) is 18.4 Å². The first-order valence-electron chi connectivity index (χ1n) is 5.25. The van der Waals surface area contributed by atoms with Crippen LogP contribution in [0.4, 0.5) is 18.3 Å². The number of amides is 1. The highest BCUT2D eigenvalue weighted by molar-refractivity contribution is 7.18. The van der Waals surface area contributed by atoms with Crippen LogP contribution in [0.5, 0.6) is 0 Å². The Hall–Kier alpha value is -2.17. The molecule has 0 spiro atoms. The standard InChI is InChI=1S/C9H8F3N5O2S/c10-9(11,12)4-14-6(18)3-13-8-16-15-7(20-8)5-1-2-19-17-5/h1-2H,3-4H2,(H,13,16)(H,14,18). The Balaban J connectivity index is 1.81. The molecular weight excluding hydrogens is 299 g/mol. The minimum absolute atomic E-state index is 0.296. The fourth-order valence-electron chi connectivity index (χ4n) is 1.14. The van der Waals surface area contributed by atoms with Gasteiger partial charge >= 0.3 is 6.18 Å². The van der Waals surface area contributed by atoms with E-state index in [9.17, 15) is 18.0 Å². The van der Waals surface area contributed by atoms with E-state index in [4.69, 9.17) is 0 Å². The number of hydrogen-bond donors (Lipinski definition) is 2. The van der Waals surface area contributed by atoms with Crippen molar-refractivity contribution in [2.45, 2.75) is 6.18 Å². The monoisotopic (exact) mass is 307 g/mol. The summed E-state index contributed by atoms with van der Waals surface area (Å²) in [5.41, 5.74) is 0.483. The van der Waals surface area contributed by atoms with Gasteiger partial charge in [0.05, 0.1) is 6.54 Å². The van der Waals surface area contributed by atoms with E-state index in [1.165, 1.54) is 6.26 Å². The molecule has 0 saturated heterocycles. The smallest absolute Gasteiger partial charge is 0.364 e. The largest absolute Gasteiger partial charge is 0.405 e. The van der Waals surface area contributed by atoms with Crippen molar-refractivity contribution in [1.82, 2.24) is 20.7 Å². The highest BCUT2D eigenvalue weighted by atomic mass is 32.1. The van der Waals surface area contributed by atoms with Gasteiger partial charge in [0.15, 0.2) is 5.01 Å². The number of nitrogens with one attached hydrogen (secondary N) is 2. The number of carbonyl (C=O) groups is 1. The Bertz CT molecular complexity index is 568. The number of anilines is 1. The number of halogens is 3. The van der Waals surface area contributed by atoms with Crippen molar-refractivity contribution in [3.63, 3.8) is 0 Å². The Morgan fingerprint density at radius 2 is 2.20 bits per heavy atom. The zero-order valence-electron chi connectivity index (χ0n) is 9.77. The molecule has 2 N–H and O–H groups in total. The minimum atomic E-state index is -4.43. The van der Waals surface area contributed by atoms with E-state index in [2.05, 4.69) is 25.2 Å². The van der Waals surface area contributed by atoms with Gasteiger partial charge in [0.1, 0.15) is 18.5 Å². The zero-order chi connectivity index (χ0) is 14.6. The molecule has 0 unspecified atom stereocenters. The number of hydrogen-bond acceptors (Lipinski definition) is 7. The molecule has 7 nitrogen and oxygen atoms in total. The van der Waals surface area contributed by atoms with E-state index in [0.29, 0.717) is 15.8 Å². The highest BCUT2D eigenvalue weighted by Gasteiger charge is 2.27. The average Bonchev–Trinajstić information content (AvgIpc) is 3.03. The molecule has 0 aromatic carbocycles. The van der Waals surface area contributed by atoms with Gasteiger partial charge in [-0.1, -0.05) is 16.5 Å². The summed E-state index contributed by atoms with van der Waals surface area (Å²) in [5, 5.41) is 16.2. The lowest BCUT2D eigenvalue weighted by Crippen LogP contribution is -2.37. The summed E-state index contributed by atoms with van der Waals surface area (Å²) in [6.07, 6.45) is -3.06. The summed E-state index contributed by atoms with van der Waals surface area (Å²) in [5.74, 6) is -0.791. The van der Waals surface area contributed by atoms with Gasteiger partial charge < -0.3 is 15.2 Å². The molecule has 0 atom stereocenters. The van der Waals surface area contributed by atoms with Gasteiger partial charge in [0.25, 0.3) is 0 Å². The lowest BCUT2D eigenvalue weighted by atomic mass is 10.5. The van der Waals surface area contributed by atoms with Crippen LogP contribution in [0.3, 0.4) is 0 Å². The molecule has 0 aliphatic heterocycles. The van der Waals surface area contributed by atoms with Crippen LogP contribution >= 0.6 is 11.3 Å². The lowest BCUT2D eigenvalue weighted by Gasteiger charge is -2.08. The van der Waals surface area contributed by atoms with Crippen LogP contribution in [0, 0.1) is 0 Å². The van der Waals surface area contributed by atoms with Gasteiger partial charge in [-0.05, 0) is 0 Å². The number of alkyl halides is 3. The molecule has 2 heterocycles. The maximum absolute atomic E-state index is 11.9. The molecule has 2 aromatic rings. The molecule has 0 aliphatic carbocycles. The first-order chi connectivity index (χ1) is 9.44. The predicted molar refractivity (Wildman–Crippen MR) is 63.0 cm³/mol. The molecule has 0 aliphatic rings. The third-order valence-corrected chi connectivity index (χ3v) is 2.87. The molecule has 0 bridgehead atoms. The van der Waals surface area contributed by atoms with E-state index < -0.39 is 18.6 Å². The van der Waals surface area contributed by atoms with Crippen LogP contribution in [-0.2, 0) is 4.79 Å². The van der Waals surface area contributed by atoms with E-state index >= 15 is 0 Å². The lowest BCUT2D eigenvalue weighted by molar-refractivity contribution is -0.137. The van der Waals surface area contributed by atoms with Crippen molar-refractivity contribution >= 4 is 22.4 Å². The number of aromatic nitrogens is 3. The van der Waals surface area contributed by atoms with Crippen LogP contribution < -0.4 is 10.6 Å². The third-order valence-electron chi connectivity index (χ3n) is 1.97. The SMILES string of the molecule is O=C(CNc1nnc(-c2ccon2)s1)NCC(F)(F)F. The number of rotatable bonds is 5. The zero-order valence-corrected chi connectivity index (χ0v) is 10.6. The van der Waals surface area contributed by atoms with Crippen LogP contribution in [0.1, 0.15) is 0 Å². The van der Waals surface area contributed by atoms with Gasteiger partial charge in [-0.25, -0.2) is 0 Å². The minimum Gasteiger partial charge on any atom is -0.364 e. The van der Waals surface area contributed by atoms with Crippen LogP contribution in [-0.4, -0.2) is 40.5 Å². The fraction of sp³-hybridized carbons (Fsp3) is 0.333. The molecule has 0 radical (unpaired) electrons. The van der Waals surface area contributed by atoms with E-state index in [0.717, 1.165) is 11.3 Å². The summed E-state index contributed by atoms with van der Waals surface area (Å²) in [6, 6.07) is 1.58. The topological polar surface area (TPSA) is 92.9 Å². The first kappa shape index (κ1) is 14.2. The number of nitrogens with zero attached hydrogens (tertiary/aromatic N) is 3. The van der Waals surface area contributed by atoms with Crippen molar-refractivity contribution in [2.24, 2.45) is 0 Å². The Labute approximate surface area is 114 Å². The molecule has 0 fully saturated rings. The Morgan fingerprint density at radius 3 is 2.85 bits per heavy atom. The normalized spacial score (nSPS) is 11.3. The molecule has 20 heavy (non-hydrogen) atoms. The molecule has 108 valence electrons. The van der Waals surface area contributed by atoms with Gasteiger partial charge in [0.2, 0.25) is 11.0 Å². The van der Waals surface area contributed by atoms with Gasteiger partial charge in [-0.2, -0.15) is 13.2 Å². The van der Waals surface area contributed by atoms with Crippen molar-refractivity contribution in [1.29, 1.82) is 0 Å². The Kier molecular flexibility index (Phi) is 4.17. The first-order valence-corrected chi connectivity index (χ1v) is 6.07. The predicted octanol–water partition coefficient (Wildman–Crippen LogP) is 1.28. The van der Waals surface area contributed by atoms with Crippen LogP contribution in [0.15, 0.2) is 16.9 Å². The summed E-state index contributed by atoms with van der Waals surface area (Å²) in [7, 11) is 0. The third kappa shape index (κ3) is 4.19. The fourth-order valence-corrected chi connectivity index (χ4v) is 1.84. The maximum atomic E-state index is 11.9. The van der Waals surface area contributed by atoms with E-state index in [1.807, 2.05) is 0 Å². The van der Waals surface area contributed by atoms with Crippen molar-refractivity contribution in [3.8, 4) is 10.7 Å². The summed E-state index contributed by atoms with van der Waals surface area (Å²) in [4.78, 5) is 11.2. The maximum Gasteiger partial charge on any atom is 0.405 e. The second-order valence-corrected chi connectivity index (χ2v) is 4.52. The van der Waals surface area contributed by atoms with E-state index in [-0.39, 0.29) is 6.54 Å². The second kappa shape index (κ2) is 5.86. The van der Waals surface area contributed by atoms with Gasteiger partial charge in [-0.15, -0.1) is 10.2 Å². The summed E-state index contributed by atoms with van der Waals surface area (Å²) < 4.78 is 40.2. The van der Waals surface area contributed by atoms with E-state index in [1.54, 1.807) is 11.4 Å². The van der Waals surface area contributed by atoms with Crippen molar-refractivity contribution < 1.29 is 22.5 Å². The Morgan fingerprint density at radius 1 is 1.40 bits per heavy atom. The van der Waals surface area contributed by atoms with Gasteiger partial charge in [-0.3, -0.25) is 4.79 Å². The average molecular weight is 307 g/mol. The number of carbonyl (C=O) groups excluding carboxylic acids is 1. The van der Waals surface area contributed by atoms with Crippen LogP contribution in [0.25, 0.3) is 10.7 Å². The quantitative estimate of drug-likeness (QED) is 0.864. The van der Waals surface area contributed by atoms with Crippen molar-refractivity contribution in [3.05, 3.63) is 12.3 Å². The molecular formula is C9H8F3N5O2S. The molecule has 2 rings (SSSR count). The molecule has 1 amide bonds. The van der Waals surface area contributed by atoms with Gasteiger partial charge in [0, 0.05) is 6.07 Å². The molecule has 11 heteroatoms.